The number of carbonyl (C=O) groups is 1. The molecule has 0 bridgehead atoms. The van der Waals surface area contributed by atoms with Gasteiger partial charge in [-0.15, -0.1) is 0 Å². The molecule has 126 valence electrons. The second-order valence-corrected chi connectivity index (χ2v) is 6.41. The van der Waals surface area contributed by atoms with E-state index in [1.807, 2.05) is 13.8 Å². The van der Waals surface area contributed by atoms with E-state index in [1.165, 1.54) is 0 Å². The minimum Gasteiger partial charge on any atom is -0.490 e. The van der Waals surface area contributed by atoms with Gasteiger partial charge in [0.15, 0.2) is 17.1 Å². The van der Waals surface area contributed by atoms with Crippen LogP contribution in [-0.2, 0) is 11.4 Å². The van der Waals surface area contributed by atoms with Crippen LogP contribution >= 0.6 is 0 Å². The van der Waals surface area contributed by atoms with Gasteiger partial charge in [0.1, 0.15) is 0 Å². The molecular weight excluding hydrogens is 294 g/mol. The van der Waals surface area contributed by atoms with Gasteiger partial charge in [-0.25, -0.2) is 0 Å². The Bertz CT molecular complexity index is 622. The van der Waals surface area contributed by atoms with E-state index in [1.54, 1.807) is 30.9 Å². The Labute approximate surface area is 137 Å². The fraction of sp³-hybridized carbons (Fsp3) is 0.500. The van der Waals surface area contributed by atoms with Gasteiger partial charge >= 0.3 is 0 Å². The van der Waals surface area contributed by atoms with Crippen molar-refractivity contribution < 1.29 is 19.4 Å². The molecule has 5 nitrogen and oxygen atoms in total. The molecule has 0 aliphatic carbocycles. The maximum Gasteiger partial charge on any atom is 0.270 e. The Morgan fingerprint density at radius 3 is 2.70 bits per heavy atom. The summed E-state index contributed by atoms with van der Waals surface area (Å²) in [6.45, 7) is 12.1. The predicted molar refractivity (Wildman–Crippen MR) is 90.0 cm³/mol. The highest BCUT2D eigenvalue weighted by Crippen LogP contribution is 2.45. The lowest BCUT2D eigenvalue weighted by molar-refractivity contribution is -0.132. The van der Waals surface area contributed by atoms with Gasteiger partial charge in [0.25, 0.3) is 5.91 Å². The molecular formula is C18H25NO4. The summed E-state index contributed by atoms with van der Waals surface area (Å²) >= 11 is 0. The zero-order chi connectivity index (χ0) is 17.2. The Kier molecular flexibility index (Phi) is 5.00. The molecule has 5 heteroatoms. The third-order valence-corrected chi connectivity index (χ3v) is 3.58. The average Bonchev–Trinajstić information content (AvgIpc) is 2.49. The SMILES string of the molecule is C=C(C)CN1C(=O)C(C)(C)Oc2c(OCCC)cc(CO)cc21. The molecule has 0 saturated carbocycles. The van der Waals surface area contributed by atoms with Crippen molar-refractivity contribution in [3.05, 3.63) is 29.8 Å². The van der Waals surface area contributed by atoms with Crippen LogP contribution in [0.5, 0.6) is 11.5 Å². The van der Waals surface area contributed by atoms with Gasteiger partial charge in [-0.05, 0) is 44.9 Å². The van der Waals surface area contributed by atoms with Crippen molar-refractivity contribution in [2.75, 3.05) is 18.1 Å². The molecule has 1 aliphatic rings. The highest BCUT2D eigenvalue weighted by Gasteiger charge is 2.42. The molecule has 1 aliphatic heterocycles. The number of fused-ring (bicyclic) bond motifs is 1. The Hall–Kier alpha value is -2.01. The molecule has 1 heterocycles. The third kappa shape index (κ3) is 3.50. The van der Waals surface area contributed by atoms with Crippen LogP contribution in [0.25, 0.3) is 0 Å². The molecule has 0 atom stereocenters. The van der Waals surface area contributed by atoms with Gasteiger partial charge < -0.3 is 19.5 Å². The van der Waals surface area contributed by atoms with Gasteiger partial charge in [-0.2, -0.15) is 0 Å². The van der Waals surface area contributed by atoms with Crippen LogP contribution in [0.2, 0.25) is 0 Å². The van der Waals surface area contributed by atoms with Gasteiger partial charge in [-0.3, -0.25) is 4.79 Å². The van der Waals surface area contributed by atoms with Crippen molar-refractivity contribution in [1.29, 1.82) is 0 Å². The van der Waals surface area contributed by atoms with Crippen molar-refractivity contribution in [1.82, 2.24) is 0 Å². The van der Waals surface area contributed by atoms with Crippen LogP contribution < -0.4 is 14.4 Å². The first-order valence-corrected chi connectivity index (χ1v) is 7.86. The standard InChI is InChI=1S/C18H25NO4/c1-6-7-22-15-9-13(11-20)8-14-16(15)23-18(4,5)17(21)19(14)10-12(2)3/h8-9,20H,2,6-7,10-11H2,1,3-5H3. The first kappa shape index (κ1) is 17.3. The van der Waals surface area contributed by atoms with Gasteiger partial charge in [-0.1, -0.05) is 19.1 Å². The number of nitrogens with zero attached hydrogens (tertiary/aromatic N) is 1. The Morgan fingerprint density at radius 1 is 1.43 bits per heavy atom. The summed E-state index contributed by atoms with van der Waals surface area (Å²) in [6.07, 6.45) is 0.857. The zero-order valence-electron chi connectivity index (χ0n) is 14.3. The highest BCUT2D eigenvalue weighted by molar-refractivity contribution is 6.03. The molecule has 0 spiro atoms. The summed E-state index contributed by atoms with van der Waals surface area (Å²) in [5, 5.41) is 9.51. The minimum atomic E-state index is -0.979. The van der Waals surface area contributed by atoms with Gasteiger partial charge in [0, 0.05) is 6.54 Å². The van der Waals surface area contributed by atoms with Crippen molar-refractivity contribution in [3.63, 3.8) is 0 Å². The number of aliphatic hydroxyl groups excluding tert-OH is 1. The summed E-state index contributed by atoms with van der Waals surface area (Å²) in [7, 11) is 0. The predicted octanol–water partition coefficient (Wildman–Crippen LogP) is 3.05. The Morgan fingerprint density at radius 2 is 2.13 bits per heavy atom. The van der Waals surface area contributed by atoms with Crippen molar-refractivity contribution in [3.8, 4) is 11.5 Å². The molecule has 2 rings (SSSR count). The summed E-state index contributed by atoms with van der Waals surface area (Å²) in [4.78, 5) is 14.4. The smallest absolute Gasteiger partial charge is 0.270 e. The van der Waals surface area contributed by atoms with Gasteiger partial charge in [0.05, 0.1) is 18.9 Å². The number of hydrogen-bond donors (Lipinski definition) is 1. The lowest BCUT2D eigenvalue weighted by atomic mass is 10.0. The number of ether oxygens (including phenoxy) is 2. The molecule has 0 aromatic heterocycles. The van der Waals surface area contributed by atoms with Crippen LogP contribution in [0, 0.1) is 0 Å². The fourth-order valence-corrected chi connectivity index (χ4v) is 2.52. The first-order valence-electron chi connectivity index (χ1n) is 7.86. The number of carbonyl (C=O) groups excluding carboxylic acids is 1. The maximum atomic E-state index is 12.7. The van der Waals surface area contributed by atoms with Crippen molar-refractivity contribution in [2.45, 2.75) is 46.3 Å². The highest BCUT2D eigenvalue weighted by atomic mass is 16.5. The van der Waals surface area contributed by atoms with Crippen LogP contribution in [0.4, 0.5) is 5.69 Å². The fourth-order valence-electron chi connectivity index (χ4n) is 2.52. The van der Waals surface area contributed by atoms with Crippen LogP contribution in [0.15, 0.2) is 24.3 Å². The van der Waals surface area contributed by atoms with Crippen LogP contribution in [-0.4, -0.2) is 29.8 Å². The summed E-state index contributed by atoms with van der Waals surface area (Å²) in [5.74, 6) is 0.965. The van der Waals surface area contributed by atoms with E-state index < -0.39 is 5.60 Å². The lowest BCUT2D eigenvalue weighted by Gasteiger charge is -2.39. The van der Waals surface area contributed by atoms with E-state index in [4.69, 9.17) is 9.47 Å². The monoisotopic (exact) mass is 319 g/mol. The number of rotatable bonds is 6. The molecule has 1 amide bonds. The topological polar surface area (TPSA) is 59.0 Å². The third-order valence-electron chi connectivity index (χ3n) is 3.58. The minimum absolute atomic E-state index is 0.131. The molecule has 1 aromatic carbocycles. The van der Waals surface area contributed by atoms with E-state index >= 15 is 0 Å². The van der Waals surface area contributed by atoms with Crippen molar-refractivity contribution in [2.24, 2.45) is 0 Å². The summed E-state index contributed by atoms with van der Waals surface area (Å²) in [6, 6.07) is 3.53. The maximum absolute atomic E-state index is 12.7. The second kappa shape index (κ2) is 6.62. The Balaban J connectivity index is 2.58. The number of hydrogen-bond acceptors (Lipinski definition) is 4. The molecule has 1 aromatic rings. The lowest BCUT2D eigenvalue weighted by Crippen LogP contribution is -2.53. The van der Waals surface area contributed by atoms with Crippen molar-refractivity contribution >= 4 is 11.6 Å². The largest absolute Gasteiger partial charge is 0.490 e. The molecule has 1 N–H and O–H groups in total. The van der Waals surface area contributed by atoms with E-state index in [9.17, 15) is 9.90 Å². The molecule has 0 fully saturated rings. The van der Waals surface area contributed by atoms with E-state index in [0.29, 0.717) is 35.9 Å². The molecule has 0 radical (unpaired) electrons. The normalized spacial score (nSPS) is 15.9. The number of anilines is 1. The first-order chi connectivity index (χ1) is 10.8. The van der Waals surface area contributed by atoms with E-state index in [2.05, 4.69) is 6.58 Å². The van der Waals surface area contributed by atoms with Crippen LogP contribution in [0.3, 0.4) is 0 Å². The van der Waals surface area contributed by atoms with Crippen LogP contribution in [0.1, 0.15) is 39.7 Å². The quantitative estimate of drug-likeness (QED) is 0.819. The van der Waals surface area contributed by atoms with E-state index in [0.717, 1.165) is 12.0 Å². The zero-order valence-corrected chi connectivity index (χ0v) is 14.3. The van der Waals surface area contributed by atoms with Gasteiger partial charge in [0.2, 0.25) is 0 Å². The summed E-state index contributed by atoms with van der Waals surface area (Å²) < 4.78 is 11.7. The van der Waals surface area contributed by atoms with E-state index in [-0.39, 0.29) is 12.5 Å². The number of benzene rings is 1. The molecule has 0 saturated heterocycles. The number of aliphatic hydroxyl groups is 1. The molecule has 23 heavy (non-hydrogen) atoms. The second-order valence-electron chi connectivity index (χ2n) is 6.41. The average molecular weight is 319 g/mol. The summed E-state index contributed by atoms with van der Waals surface area (Å²) in [5.41, 5.74) is 1.19. The molecule has 0 unspecified atom stereocenters. The number of amides is 1.